The van der Waals surface area contributed by atoms with E-state index in [0.717, 1.165) is 12.8 Å². The highest BCUT2D eigenvalue weighted by molar-refractivity contribution is 5.98. The maximum atomic E-state index is 12.3. The van der Waals surface area contributed by atoms with Crippen LogP contribution in [0.2, 0.25) is 0 Å². The number of imide groups is 1. The fourth-order valence-corrected chi connectivity index (χ4v) is 2.12. The number of methoxy groups -OCH3 is 1. The summed E-state index contributed by atoms with van der Waals surface area (Å²) in [5.74, 6) is -0.133. The van der Waals surface area contributed by atoms with Gasteiger partial charge in [-0.3, -0.25) is 10.1 Å². The third-order valence-electron chi connectivity index (χ3n) is 3.77. The minimum Gasteiger partial charge on any atom is -0.493 e. The van der Waals surface area contributed by atoms with E-state index in [1.54, 1.807) is 6.07 Å². The van der Waals surface area contributed by atoms with E-state index >= 15 is 0 Å². The summed E-state index contributed by atoms with van der Waals surface area (Å²) in [4.78, 5) is 35.8. The molecule has 148 valence electrons. The summed E-state index contributed by atoms with van der Waals surface area (Å²) in [6.07, 6.45) is 0.695. The van der Waals surface area contributed by atoms with Gasteiger partial charge in [0.05, 0.1) is 19.3 Å². The fraction of sp³-hybridized carbons (Fsp3) is 0.526. The molecule has 0 bridgehead atoms. The highest BCUT2D eigenvalue weighted by Crippen LogP contribution is 2.29. The van der Waals surface area contributed by atoms with Crippen molar-refractivity contribution in [1.29, 1.82) is 0 Å². The van der Waals surface area contributed by atoms with Gasteiger partial charge in [-0.05, 0) is 43.9 Å². The Morgan fingerprint density at radius 1 is 1.15 bits per heavy atom. The molecule has 2 N–H and O–H groups in total. The largest absolute Gasteiger partial charge is 0.493 e. The van der Waals surface area contributed by atoms with Crippen LogP contribution in [0.15, 0.2) is 18.2 Å². The monoisotopic (exact) mass is 378 g/mol. The molecule has 1 aliphatic rings. The van der Waals surface area contributed by atoms with Crippen LogP contribution >= 0.6 is 0 Å². The minimum atomic E-state index is -1.12. The first-order valence-electron chi connectivity index (χ1n) is 8.93. The number of esters is 1. The van der Waals surface area contributed by atoms with Crippen LogP contribution < -0.4 is 20.1 Å². The van der Waals surface area contributed by atoms with Gasteiger partial charge >= 0.3 is 12.0 Å². The van der Waals surface area contributed by atoms with E-state index in [9.17, 15) is 14.4 Å². The molecule has 3 amide bonds. The van der Waals surface area contributed by atoms with Crippen molar-refractivity contribution in [3.8, 4) is 11.5 Å². The first-order valence-corrected chi connectivity index (χ1v) is 8.93. The molecule has 0 unspecified atom stereocenters. The van der Waals surface area contributed by atoms with Gasteiger partial charge in [-0.2, -0.15) is 0 Å². The fourth-order valence-electron chi connectivity index (χ4n) is 2.12. The maximum Gasteiger partial charge on any atom is 0.339 e. The van der Waals surface area contributed by atoms with E-state index in [4.69, 9.17) is 14.2 Å². The van der Waals surface area contributed by atoms with E-state index in [-0.39, 0.29) is 11.6 Å². The smallest absolute Gasteiger partial charge is 0.339 e. The molecule has 2 rings (SSSR count). The van der Waals surface area contributed by atoms with Crippen molar-refractivity contribution < 1.29 is 28.6 Å². The zero-order valence-electron chi connectivity index (χ0n) is 16.0. The van der Waals surface area contributed by atoms with E-state index in [1.807, 2.05) is 13.8 Å². The average molecular weight is 378 g/mol. The second-order valence-corrected chi connectivity index (χ2v) is 6.86. The summed E-state index contributed by atoms with van der Waals surface area (Å²) in [6, 6.07) is 4.18. The van der Waals surface area contributed by atoms with Crippen molar-refractivity contribution in [2.45, 2.75) is 45.8 Å². The van der Waals surface area contributed by atoms with Crippen molar-refractivity contribution in [2.24, 2.45) is 5.92 Å². The molecule has 0 spiro atoms. The first-order chi connectivity index (χ1) is 12.8. The summed E-state index contributed by atoms with van der Waals surface area (Å²) in [5.41, 5.74) is 0.214. The normalized spacial score (nSPS) is 14.3. The van der Waals surface area contributed by atoms with Crippen molar-refractivity contribution in [1.82, 2.24) is 10.6 Å². The standard InChI is InChI=1S/C19H26N2O6/c1-11(2)10-26-15-8-5-13(9-16(15)25-4)18(23)27-12(3)17(22)21-19(24)20-14-6-7-14/h5,8-9,11-12,14H,6-7,10H2,1-4H3,(H2,20,21,22,24)/t12-/m0/s1. The maximum absolute atomic E-state index is 12.3. The lowest BCUT2D eigenvalue weighted by atomic mass is 10.2. The summed E-state index contributed by atoms with van der Waals surface area (Å²) in [6.45, 7) is 5.96. The van der Waals surface area contributed by atoms with Crippen molar-refractivity contribution in [2.75, 3.05) is 13.7 Å². The predicted molar refractivity (Wildman–Crippen MR) is 97.9 cm³/mol. The molecule has 27 heavy (non-hydrogen) atoms. The molecule has 0 aliphatic heterocycles. The van der Waals surface area contributed by atoms with Gasteiger partial charge < -0.3 is 19.5 Å². The molecule has 1 aromatic rings. The lowest BCUT2D eigenvalue weighted by Crippen LogP contribution is -2.45. The molecule has 1 fully saturated rings. The Kier molecular flexibility index (Phi) is 7.04. The average Bonchev–Trinajstić information content (AvgIpc) is 3.43. The van der Waals surface area contributed by atoms with Gasteiger partial charge in [0.2, 0.25) is 0 Å². The highest BCUT2D eigenvalue weighted by atomic mass is 16.5. The Bertz CT molecular complexity index is 699. The number of hydrogen-bond donors (Lipinski definition) is 2. The molecule has 8 heteroatoms. The van der Waals surface area contributed by atoms with Gasteiger partial charge in [0.1, 0.15) is 0 Å². The van der Waals surface area contributed by atoms with Gasteiger partial charge in [-0.1, -0.05) is 13.8 Å². The molecule has 0 saturated heterocycles. The molecule has 1 atom stereocenters. The van der Waals surface area contributed by atoms with Crippen LogP contribution in [0.3, 0.4) is 0 Å². The number of urea groups is 1. The molecule has 1 aromatic carbocycles. The quantitative estimate of drug-likeness (QED) is 0.673. The number of carbonyl (C=O) groups is 3. The van der Waals surface area contributed by atoms with E-state index in [1.165, 1.54) is 26.2 Å². The van der Waals surface area contributed by atoms with Gasteiger partial charge in [0, 0.05) is 6.04 Å². The molecule has 0 heterocycles. The molecule has 0 aromatic heterocycles. The molecule has 8 nitrogen and oxygen atoms in total. The number of amides is 3. The summed E-state index contributed by atoms with van der Waals surface area (Å²) in [7, 11) is 1.47. The predicted octanol–water partition coefficient (Wildman–Crippen LogP) is 2.26. The number of hydrogen-bond acceptors (Lipinski definition) is 6. The molecular weight excluding hydrogens is 352 g/mol. The lowest BCUT2D eigenvalue weighted by molar-refractivity contribution is -0.127. The third-order valence-corrected chi connectivity index (χ3v) is 3.77. The second kappa shape index (κ2) is 9.25. The van der Waals surface area contributed by atoms with Crippen LogP contribution in [0, 0.1) is 5.92 Å². The minimum absolute atomic E-state index is 0.125. The summed E-state index contributed by atoms with van der Waals surface area (Å²) in [5, 5.41) is 4.78. The number of nitrogens with one attached hydrogen (secondary N) is 2. The Morgan fingerprint density at radius 2 is 1.85 bits per heavy atom. The SMILES string of the molecule is COc1cc(C(=O)O[C@@H](C)C(=O)NC(=O)NC2CC2)ccc1OCC(C)C. The lowest BCUT2D eigenvalue weighted by Gasteiger charge is -2.15. The molecule has 1 saturated carbocycles. The van der Waals surface area contributed by atoms with Crippen LogP contribution in [0.1, 0.15) is 44.0 Å². The van der Waals surface area contributed by atoms with Crippen LogP contribution in [0.25, 0.3) is 0 Å². The van der Waals surface area contributed by atoms with E-state index in [0.29, 0.717) is 24.0 Å². The van der Waals surface area contributed by atoms with Crippen LogP contribution in [-0.2, 0) is 9.53 Å². The van der Waals surface area contributed by atoms with Crippen molar-refractivity contribution >= 4 is 17.9 Å². The number of ether oxygens (including phenoxy) is 3. The van der Waals surface area contributed by atoms with Gasteiger partial charge in [-0.25, -0.2) is 9.59 Å². The Morgan fingerprint density at radius 3 is 2.44 bits per heavy atom. The van der Waals surface area contributed by atoms with Crippen LogP contribution in [0.4, 0.5) is 4.79 Å². The third kappa shape index (κ3) is 6.47. The topological polar surface area (TPSA) is 103 Å². The number of benzene rings is 1. The van der Waals surface area contributed by atoms with Gasteiger partial charge in [-0.15, -0.1) is 0 Å². The molecular formula is C19H26N2O6. The Labute approximate surface area is 158 Å². The summed E-state index contributed by atoms with van der Waals surface area (Å²) >= 11 is 0. The van der Waals surface area contributed by atoms with Gasteiger partial charge in [0.15, 0.2) is 17.6 Å². The van der Waals surface area contributed by atoms with Crippen molar-refractivity contribution in [3.05, 3.63) is 23.8 Å². The van der Waals surface area contributed by atoms with E-state index < -0.39 is 24.0 Å². The van der Waals surface area contributed by atoms with Crippen LogP contribution in [-0.4, -0.2) is 43.8 Å². The number of rotatable bonds is 8. The van der Waals surface area contributed by atoms with Crippen LogP contribution in [0.5, 0.6) is 11.5 Å². The Hall–Kier alpha value is -2.77. The molecule has 1 aliphatic carbocycles. The van der Waals surface area contributed by atoms with E-state index in [2.05, 4.69) is 10.6 Å². The second-order valence-electron chi connectivity index (χ2n) is 6.86. The zero-order chi connectivity index (χ0) is 20.0. The zero-order valence-corrected chi connectivity index (χ0v) is 16.0. The van der Waals surface area contributed by atoms with Crippen molar-refractivity contribution in [3.63, 3.8) is 0 Å². The highest BCUT2D eigenvalue weighted by Gasteiger charge is 2.26. The summed E-state index contributed by atoms with van der Waals surface area (Å²) < 4.78 is 16.0. The van der Waals surface area contributed by atoms with Gasteiger partial charge in [0.25, 0.3) is 5.91 Å². The molecule has 0 radical (unpaired) electrons. The first kappa shape index (κ1) is 20.5. The number of carbonyl (C=O) groups excluding carboxylic acids is 3. The Balaban J connectivity index is 1.93.